The van der Waals surface area contributed by atoms with Crippen molar-refractivity contribution in [2.75, 3.05) is 5.32 Å². The van der Waals surface area contributed by atoms with Crippen LogP contribution in [0.2, 0.25) is 0 Å². The smallest absolute Gasteiger partial charge is 0.227 e. The number of hydrogen-bond donors (Lipinski definition) is 1. The van der Waals surface area contributed by atoms with Crippen LogP contribution < -0.4 is 5.32 Å². The number of benzene rings is 2. The summed E-state index contributed by atoms with van der Waals surface area (Å²) in [6.45, 7) is 0. The van der Waals surface area contributed by atoms with Gasteiger partial charge in [0.05, 0.1) is 0 Å². The largest absolute Gasteiger partial charge is 0.328 e. The van der Waals surface area contributed by atoms with E-state index < -0.39 is 0 Å². The van der Waals surface area contributed by atoms with E-state index in [1.54, 1.807) is 12.1 Å². The van der Waals surface area contributed by atoms with Crippen LogP contribution in [-0.2, 0) is 10.5 Å². The van der Waals surface area contributed by atoms with E-state index in [4.69, 9.17) is 5.10 Å². The van der Waals surface area contributed by atoms with Gasteiger partial charge in [-0.05, 0) is 48.2 Å². The van der Waals surface area contributed by atoms with Gasteiger partial charge in [0, 0.05) is 27.9 Å². The fourth-order valence-electron chi connectivity index (χ4n) is 3.88. The Morgan fingerprint density at radius 3 is 2.67 bits per heavy atom. The number of hydrogen-bond acceptors (Lipinski definition) is 5. The highest BCUT2D eigenvalue weighted by Gasteiger charge is 2.36. The highest BCUT2D eigenvalue weighted by Crippen LogP contribution is 2.40. The molecule has 1 aliphatic carbocycles. The van der Waals surface area contributed by atoms with E-state index in [2.05, 4.69) is 26.2 Å². The Balaban J connectivity index is 1.49. The second-order valence-electron chi connectivity index (χ2n) is 7.33. The number of nitrogens with one attached hydrogen (secondary N) is 1. The Labute approximate surface area is 185 Å². The van der Waals surface area contributed by atoms with Crippen LogP contribution in [0.3, 0.4) is 0 Å². The van der Waals surface area contributed by atoms with E-state index >= 15 is 0 Å². The van der Waals surface area contributed by atoms with Gasteiger partial charge in [-0.1, -0.05) is 52.0 Å². The lowest BCUT2D eigenvalue weighted by Crippen LogP contribution is -2.31. The van der Waals surface area contributed by atoms with Crippen molar-refractivity contribution in [1.29, 1.82) is 0 Å². The Kier molecular flexibility index (Phi) is 5.20. The molecular weight excluding hydrogens is 467 g/mol. The number of allylic oxidation sites excluding steroid dienone is 2. The number of Topliss-reactive ketones (excluding diaryl/α,β-unsaturated/α-hetero) is 1. The zero-order chi connectivity index (χ0) is 20.7. The number of aromatic nitrogens is 3. The summed E-state index contributed by atoms with van der Waals surface area (Å²) in [6, 6.07) is 14.1. The third kappa shape index (κ3) is 3.70. The number of halogens is 2. The first kappa shape index (κ1) is 19.5. The maximum Gasteiger partial charge on any atom is 0.227 e. The van der Waals surface area contributed by atoms with Crippen LogP contribution in [0.25, 0.3) is 0 Å². The van der Waals surface area contributed by atoms with Gasteiger partial charge in [0.1, 0.15) is 11.9 Å². The third-order valence-electron chi connectivity index (χ3n) is 5.32. The van der Waals surface area contributed by atoms with Crippen LogP contribution in [0, 0.1) is 5.82 Å². The van der Waals surface area contributed by atoms with Gasteiger partial charge in [-0.25, -0.2) is 9.07 Å². The SMILES string of the molecule is O=C1CCCC2=C1[C@@H](c1ccc(Br)cc1)n1nc(SCc3ccc(F)cc3)nc1N2. The molecule has 0 saturated carbocycles. The van der Waals surface area contributed by atoms with Crippen molar-refractivity contribution in [3.05, 3.63) is 81.2 Å². The van der Waals surface area contributed by atoms with Crippen LogP contribution in [0.4, 0.5) is 10.3 Å². The predicted octanol–water partition coefficient (Wildman–Crippen LogP) is 5.49. The van der Waals surface area contributed by atoms with Gasteiger partial charge in [0.25, 0.3) is 0 Å². The number of carbonyl (C=O) groups excluding carboxylic acids is 1. The van der Waals surface area contributed by atoms with E-state index in [0.29, 0.717) is 23.3 Å². The van der Waals surface area contributed by atoms with Crippen molar-refractivity contribution in [2.45, 2.75) is 36.2 Å². The molecule has 0 unspecified atom stereocenters. The van der Waals surface area contributed by atoms with Crippen molar-refractivity contribution < 1.29 is 9.18 Å². The zero-order valence-electron chi connectivity index (χ0n) is 15.9. The van der Waals surface area contributed by atoms with Gasteiger partial charge in [-0.2, -0.15) is 4.98 Å². The highest BCUT2D eigenvalue weighted by atomic mass is 79.9. The van der Waals surface area contributed by atoms with Gasteiger partial charge in [0.15, 0.2) is 5.78 Å². The normalized spacial score (nSPS) is 18.1. The van der Waals surface area contributed by atoms with Gasteiger partial charge >= 0.3 is 0 Å². The first-order valence-corrected chi connectivity index (χ1v) is 11.5. The number of rotatable bonds is 4. The van der Waals surface area contributed by atoms with Crippen molar-refractivity contribution in [2.24, 2.45) is 0 Å². The van der Waals surface area contributed by atoms with E-state index in [0.717, 1.165) is 39.7 Å². The Morgan fingerprint density at radius 2 is 1.90 bits per heavy atom. The monoisotopic (exact) mass is 484 g/mol. The summed E-state index contributed by atoms with van der Waals surface area (Å²) >= 11 is 4.97. The summed E-state index contributed by atoms with van der Waals surface area (Å²) in [4.78, 5) is 17.5. The van der Waals surface area contributed by atoms with Crippen molar-refractivity contribution in [3.63, 3.8) is 0 Å². The van der Waals surface area contributed by atoms with Gasteiger partial charge in [-0.3, -0.25) is 4.79 Å². The first-order chi connectivity index (χ1) is 14.6. The van der Waals surface area contributed by atoms with Crippen LogP contribution in [0.5, 0.6) is 0 Å². The fourth-order valence-corrected chi connectivity index (χ4v) is 4.93. The van der Waals surface area contributed by atoms with Crippen molar-refractivity contribution in [1.82, 2.24) is 14.8 Å². The molecule has 2 aliphatic rings. The molecular formula is C22H18BrFN4OS. The fraction of sp³-hybridized carbons (Fsp3) is 0.227. The van der Waals surface area contributed by atoms with Crippen molar-refractivity contribution in [3.8, 4) is 0 Å². The van der Waals surface area contributed by atoms with Gasteiger partial charge in [0.2, 0.25) is 11.1 Å². The van der Waals surface area contributed by atoms with Gasteiger partial charge in [-0.15, -0.1) is 5.10 Å². The molecule has 3 aromatic rings. The molecule has 5 rings (SSSR count). The Bertz CT molecular complexity index is 1140. The molecule has 0 amide bonds. The van der Waals surface area contributed by atoms with E-state index in [-0.39, 0.29) is 17.6 Å². The summed E-state index contributed by atoms with van der Waals surface area (Å²) in [5, 5.41) is 8.69. The molecule has 1 aromatic heterocycles. The molecule has 2 heterocycles. The molecule has 0 fully saturated rings. The minimum Gasteiger partial charge on any atom is -0.328 e. The maximum absolute atomic E-state index is 13.1. The first-order valence-electron chi connectivity index (χ1n) is 9.71. The third-order valence-corrected chi connectivity index (χ3v) is 6.75. The number of ketones is 1. The quantitative estimate of drug-likeness (QED) is 0.495. The molecule has 0 bridgehead atoms. The minimum atomic E-state index is -0.287. The maximum atomic E-state index is 13.1. The van der Waals surface area contributed by atoms with E-state index in [1.807, 2.05) is 28.9 Å². The summed E-state index contributed by atoms with van der Waals surface area (Å²) in [5.74, 6) is 1.21. The molecule has 1 aliphatic heterocycles. The molecule has 1 atom stereocenters. The molecule has 1 N–H and O–H groups in total. The predicted molar refractivity (Wildman–Crippen MR) is 118 cm³/mol. The molecule has 152 valence electrons. The summed E-state index contributed by atoms with van der Waals surface area (Å²) < 4.78 is 15.9. The molecule has 5 nitrogen and oxygen atoms in total. The average Bonchev–Trinajstić information content (AvgIpc) is 3.15. The van der Waals surface area contributed by atoms with E-state index in [9.17, 15) is 9.18 Å². The van der Waals surface area contributed by atoms with Crippen LogP contribution in [-0.4, -0.2) is 20.5 Å². The molecule has 0 spiro atoms. The lowest BCUT2D eigenvalue weighted by molar-refractivity contribution is -0.116. The topological polar surface area (TPSA) is 59.8 Å². The summed E-state index contributed by atoms with van der Waals surface area (Å²) in [5.41, 5.74) is 3.74. The number of thioether (sulfide) groups is 1. The Hall–Kier alpha value is -2.45. The van der Waals surface area contributed by atoms with Crippen molar-refractivity contribution >= 4 is 39.4 Å². The van der Waals surface area contributed by atoms with E-state index in [1.165, 1.54) is 23.9 Å². The lowest BCUT2D eigenvalue weighted by Gasteiger charge is -2.32. The molecule has 2 aromatic carbocycles. The summed E-state index contributed by atoms with van der Waals surface area (Å²) in [6.07, 6.45) is 2.24. The average molecular weight is 485 g/mol. The number of anilines is 1. The number of fused-ring (bicyclic) bond motifs is 1. The Morgan fingerprint density at radius 1 is 1.13 bits per heavy atom. The lowest BCUT2D eigenvalue weighted by atomic mass is 9.85. The standard InChI is InChI=1S/C22H18BrFN4OS/c23-15-8-6-14(7-9-15)20-19-17(2-1-3-18(19)29)25-21-26-22(27-28(20)21)30-12-13-4-10-16(24)11-5-13/h4-11,20H,1-3,12H2,(H,25,26,27)/t20-/m1/s1. The molecule has 8 heteroatoms. The highest BCUT2D eigenvalue weighted by molar-refractivity contribution is 9.10. The van der Waals surface area contributed by atoms with Crippen LogP contribution >= 0.6 is 27.7 Å². The van der Waals surface area contributed by atoms with Gasteiger partial charge < -0.3 is 5.32 Å². The minimum absolute atomic E-state index is 0.165. The molecule has 30 heavy (non-hydrogen) atoms. The zero-order valence-corrected chi connectivity index (χ0v) is 18.3. The number of carbonyl (C=O) groups is 1. The van der Waals surface area contributed by atoms with Crippen LogP contribution in [0.1, 0.15) is 36.4 Å². The second-order valence-corrected chi connectivity index (χ2v) is 9.18. The van der Waals surface area contributed by atoms with Crippen LogP contribution in [0.15, 0.2) is 69.4 Å². The number of nitrogens with zero attached hydrogens (tertiary/aromatic N) is 3. The molecule has 0 radical (unpaired) electrons. The molecule has 0 saturated heterocycles. The second kappa shape index (κ2) is 8.00. The summed E-state index contributed by atoms with van der Waals surface area (Å²) in [7, 11) is 0.